The summed E-state index contributed by atoms with van der Waals surface area (Å²) in [5, 5.41) is 11.7. The smallest absolute Gasteiger partial charge is 0.251 e. The zero-order valence-corrected chi connectivity index (χ0v) is 10.8. The van der Waals surface area contributed by atoms with Crippen molar-refractivity contribution in [1.29, 1.82) is 0 Å². The van der Waals surface area contributed by atoms with E-state index in [1.165, 1.54) is 11.5 Å². The molecule has 1 heterocycles. The van der Waals surface area contributed by atoms with Crippen molar-refractivity contribution in [3.05, 3.63) is 46.5 Å². The lowest BCUT2D eigenvalue weighted by Gasteiger charge is -2.04. The SMILES string of the molecule is CNC(=O)c1ccc(CNCc2csnn2)cc1. The molecule has 0 aliphatic carbocycles. The van der Waals surface area contributed by atoms with E-state index >= 15 is 0 Å². The van der Waals surface area contributed by atoms with E-state index in [0.717, 1.165) is 17.8 Å². The van der Waals surface area contributed by atoms with Gasteiger partial charge in [-0.2, -0.15) is 0 Å². The van der Waals surface area contributed by atoms with Crippen LogP contribution in [0.5, 0.6) is 0 Å². The van der Waals surface area contributed by atoms with Gasteiger partial charge in [0, 0.05) is 31.1 Å². The van der Waals surface area contributed by atoms with Crippen LogP contribution in [0.4, 0.5) is 0 Å². The Hall–Kier alpha value is -1.79. The molecule has 0 bridgehead atoms. The Morgan fingerprint density at radius 3 is 2.67 bits per heavy atom. The molecule has 2 rings (SSSR count). The lowest BCUT2D eigenvalue weighted by atomic mass is 10.1. The zero-order chi connectivity index (χ0) is 12.8. The Morgan fingerprint density at radius 2 is 2.06 bits per heavy atom. The quantitative estimate of drug-likeness (QED) is 0.849. The summed E-state index contributed by atoms with van der Waals surface area (Å²) in [7, 11) is 1.62. The first-order valence-corrected chi connectivity index (χ1v) is 6.41. The van der Waals surface area contributed by atoms with E-state index in [0.29, 0.717) is 12.1 Å². The van der Waals surface area contributed by atoms with E-state index < -0.39 is 0 Å². The fourth-order valence-electron chi connectivity index (χ4n) is 1.51. The highest BCUT2D eigenvalue weighted by molar-refractivity contribution is 7.03. The molecule has 5 nitrogen and oxygen atoms in total. The van der Waals surface area contributed by atoms with E-state index in [1.807, 2.05) is 29.6 Å². The molecular weight excluding hydrogens is 248 g/mol. The van der Waals surface area contributed by atoms with Crippen LogP contribution >= 0.6 is 11.5 Å². The van der Waals surface area contributed by atoms with E-state index in [2.05, 4.69) is 20.2 Å². The number of aromatic nitrogens is 2. The first-order chi connectivity index (χ1) is 8.79. The average Bonchev–Trinajstić information content (AvgIpc) is 2.92. The summed E-state index contributed by atoms with van der Waals surface area (Å²) in [6.07, 6.45) is 0. The van der Waals surface area contributed by atoms with Crippen LogP contribution in [0.3, 0.4) is 0 Å². The maximum Gasteiger partial charge on any atom is 0.251 e. The molecule has 1 aromatic heterocycles. The Kier molecular flexibility index (Phi) is 4.38. The van der Waals surface area contributed by atoms with Crippen molar-refractivity contribution >= 4 is 17.4 Å². The van der Waals surface area contributed by atoms with Gasteiger partial charge in [-0.15, -0.1) is 5.10 Å². The molecule has 0 radical (unpaired) electrons. The van der Waals surface area contributed by atoms with Crippen molar-refractivity contribution in [2.24, 2.45) is 0 Å². The Bertz CT molecular complexity index is 495. The number of nitrogens with one attached hydrogen (secondary N) is 2. The number of rotatable bonds is 5. The minimum Gasteiger partial charge on any atom is -0.355 e. The molecule has 6 heteroatoms. The van der Waals surface area contributed by atoms with Crippen molar-refractivity contribution in [3.63, 3.8) is 0 Å². The average molecular weight is 262 g/mol. The monoisotopic (exact) mass is 262 g/mol. The van der Waals surface area contributed by atoms with Crippen LogP contribution in [0.2, 0.25) is 0 Å². The summed E-state index contributed by atoms with van der Waals surface area (Å²) >= 11 is 1.35. The zero-order valence-electron chi connectivity index (χ0n) is 10.0. The van der Waals surface area contributed by atoms with Gasteiger partial charge in [-0.25, -0.2) is 0 Å². The van der Waals surface area contributed by atoms with Gasteiger partial charge >= 0.3 is 0 Å². The van der Waals surface area contributed by atoms with Gasteiger partial charge in [0.1, 0.15) is 0 Å². The molecular formula is C12H14N4OS. The number of amides is 1. The Labute approximate surface area is 109 Å². The molecule has 1 aromatic carbocycles. The molecule has 0 saturated heterocycles. The molecule has 94 valence electrons. The van der Waals surface area contributed by atoms with Crippen molar-refractivity contribution in [2.45, 2.75) is 13.1 Å². The maximum absolute atomic E-state index is 11.4. The van der Waals surface area contributed by atoms with E-state index in [-0.39, 0.29) is 5.91 Å². The molecule has 2 N–H and O–H groups in total. The van der Waals surface area contributed by atoms with Crippen LogP contribution in [0.1, 0.15) is 21.6 Å². The molecule has 0 spiro atoms. The van der Waals surface area contributed by atoms with Crippen LogP contribution in [0, 0.1) is 0 Å². The normalized spacial score (nSPS) is 10.3. The van der Waals surface area contributed by atoms with Crippen molar-refractivity contribution in [1.82, 2.24) is 20.2 Å². The first kappa shape index (κ1) is 12.7. The summed E-state index contributed by atoms with van der Waals surface area (Å²) in [6, 6.07) is 7.52. The van der Waals surface area contributed by atoms with Gasteiger partial charge in [-0.05, 0) is 29.2 Å². The molecule has 0 unspecified atom stereocenters. The highest BCUT2D eigenvalue weighted by Crippen LogP contribution is 2.04. The molecule has 0 atom stereocenters. The molecule has 0 aliphatic rings. The van der Waals surface area contributed by atoms with Gasteiger partial charge in [0.15, 0.2) is 0 Å². The Morgan fingerprint density at radius 1 is 1.28 bits per heavy atom. The maximum atomic E-state index is 11.4. The third kappa shape index (κ3) is 3.35. The number of carbonyl (C=O) groups excluding carboxylic acids is 1. The highest BCUT2D eigenvalue weighted by atomic mass is 32.1. The predicted molar refractivity (Wildman–Crippen MR) is 70.3 cm³/mol. The summed E-state index contributed by atoms with van der Waals surface area (Å²) in [6.45, 7) is 1.44. The minimum atomic E-state index is -0.0666. The lowest BCUT2D eigenvalue weighted by molar-refractivity contribution is 0.0963. The fraction of sp³-hybridized carbons (Fsp3) is 0.250. The molecule has 2 aromatic rings. The number of benzene rings is 1. The van der Waals surface area contributed by atoms with E-state index in [1.54, 1.807) is 7.05 Å². The van der Waals surface area contributed by atoms with E-state index in [9.17, 15) is 4.79 Å². The second-order valence-electron chi connectivity index (χ2n) is 3.78. The molecule has 0 fully saturated rings. The van der Waals surface area contributed by atoms with Crippen LogP contribution in [0.25, 0.3) is 0 Å². The number of hydrogen-bond acceptors (Lipinski definition) is 5. The molecule has 18 heavy (non-hydrogen) atoms. The van der Waals surface area contributed by atoms with Crippen molar-refractivity contribution in [3.8, 4) is 0 Å². The topological polar surface area (TPSA) is 66.9 Å². The summed E-state index contributed by atoms with van der Waals surface area (Å²) in [5.74, 6) is -0.0666. The lowest BCUT2D eigenvalue weighted by Crippen LogP contribution is -2.18. The van der Waals surface area contributed by atoms with Gasteiger partial charge in [0.25, 0.3) is 5.91 Å². The fourth-order valence-corrected chi connectivity index (χ4v) is 1.97. The van der Waals surface area contributed by atoms with Gasteiger partial charge < -0.3 is 10.6 Å². The molecule has 1 amide bonds. The number of nitrogens with zero attached hydrogens (tertiary/aromatic N) is 2. The first-order valence-electron chi connectivity index (χ1n) is 5.57. The molecule has 0 saturated carbocycles. The van der Waals surface area contributed by atoms with Crippen LogP contribution in [0.15, 0.2) is 29.6 Å². The number of carbonyl (C=O) groups is 1. The summed E-state index contributed by atoms with van der Waals surface area (Å²) in [4.78, 5) is 11.4. The third-order valence-electron chi connectivity index (χ3n) is 2.48. The van der Waals surface area contributed by atoms with Gasteiger partial charge in [0.05, 0.1) is 5.69 Å². The minimum absolute atomic E-state index is 0.0666. The second-order valence-corrected chi connectivity index (χ2v) is 4.39. The van der Waals surface area contributed by atoms with Crippen LogP contribution in [-0.4, -0.2) is 22.5 Å². The largest absolute Gasteiger partial charge is 0.355 e. The summed E-state index contributed by atoms with van der Waals surface area (Å²) < 4.78 is 3.80. The summed E-state index contributed by atoms with van der Waals surface area (Å²) in [5.41, 5.74) is 2.75. The molecule has 0 aliphatic heterocycles. The third-order valence-corrected chi connectivity index (χ3v) is 3.04. The van der Waals surface area contributed by atoms with Crippen LogP contribution in [-0.2, 0) is 13.1 Å². The van der Waals surface area contributed by atoms with Gasteiger partial charge in [-0.3, -0.25) is 4.79 Å². The number of hydrogen-bond donors (Lipinski definition) is 2. The predicted octanol–water partition coefficient (Wildman–Crippen LogP) is 1.19. The van der Waals surface area contributed by atoms with Gasteiger partial charge in [0.2, 0.25) is 0 Å². The van der Waals surface area contributed by atoms with Crippen molar-refractivity contribution < 1.29 is 4.79 Å². The Balaban J connectivity index is 1.85. The van der Waals surface area contributed by atoms with E-state index in [4.69, 9.17) is 0 Å². The highest BCUT2D eigenvalue weighted by Gasteiger charge is 2.02. The second kappa shape index (κ2) is 6.23. The standard InChI is InChI=1S/C12H14N4OS/c1-13-12(17)10-4-2-9(3-5-10)6-14-7-11-8-18-16-15-11/h2-5,8,14H,6-7H2,1H3,(H,13,17). The van der Waals surface area contributed by atoms with Gasteiger partial charge in [-0.1, -0.05) is 16.6 Å². The van der Waals surface area contributed by atoms with Crippen molar-refractivity contribution in [2.75, 3.05) is 7.05 Å². The van der Waals surface area contributed by atoms with Crippen LogP contribution < -0.4 is 10.6 Å².